The zero-order chi connectivity index (χ0) is 18.0. The lowest BCUT2D eigenvalue weighted by atomic mass is 10.0. The van der Waals surface area contributed by atoms with Crippen LogP contribution in [0.3, 0.4) is 0 Å². The number of halogens is 3. The Morgan fingerprint density at radius 1 is 1.20 bits per heavy atom. The Labute approximate surface area is 152 Å². The number of rotatable bonds is 4. The number of carbonyl (C=O) groups excluding carboxylic acids is 1. The number of hydrogen-bond donors (Lipinski definition) is 0. The molecule has 0 spiro atoms. The average molecular weight is 412 g/mol. The van der Waals surface area contributed by atoms with Crippen LogP contribution in [0.25, 0.3) is 0 Å². The first-order valence-electron chi connectivity index (χ1n) is 7.72. The number of benzene rings is 2. The summed E-state index contributed by atoms with van der Waals surface area (Å²) < 4.78 is 35.6. The van der Waals surface area contributed by atoms with Crippen molar-refractivity contribution in [3.63, 3.8) is 0 Å². The summed E-state index contributed by atoms with van der Waals surface area (Å²) in [5.74, 6) is -0.263. The van der Waals surface area contributed by atoms with Crippen LogP contribution in [-0.2, 0) is 6.42 Å². The SMILES string of the molecule is COc1ccc(C(=O)N2CCCc3cc(Br)ccc32)cc1OC(F)F. The third-order valence-corrected chi connectivity index (χ3v) is 4.53. The van der Waals surface area contributed by atoms with Gasteiger partial charge in [0.15, 0.2) is 11.5 Å². The fourth-order valence-corrected chi connectivity index (χ4v) is 3.34. The Balaban J connectivity index is 1.94. The molecule has 0 unspecified atom stereocenters. The number of nitrogens with zero attached hydrogens (tertiary/aromatic N) is 1. The number of aryl methyl sites for hydroxylation is 1. The molecule has 2 aromatic carbocycles. The number of fused-ring (bicyclic) bond motifs is 1. The van der Waals surface area contributed by atoms with Crippen LogP contribution in [-0.4, -0.2) is 26.2 Å². The zero-order valence-corrected chi connectivity index (χ0v) is 15.1. The smallest absolute Gasteiger partial charge is 0.387 e. The number of hydrogen-bond acceptors (Lipinski definition) is 3. The maximum atomic E-state index is 12.9. The van der Waals surface area contributed by atoms with Gasteiger partial charge in [-0.2, -0.15) is 8.78 Å². The number of anilines is 1. The molecule has 1 amide bonds. The molecule has 0 bridgehead atoms. The predicted octanol–water partition coefficient (Wildman–Crippen LogP) is 4.65. The van der Waals surface area contributed by atoms with Gasteiger partial charge in [0, 0.05) is 22.3 Å². The Morgan fingerprint density at radius 3 is 2.72 bits per heavy atom. The van der Waals surface area contributed by atoms with Crippen LogP contribution in [0.4, 0.5) is 14.5 Å². The number of alkyl halides is 2. The molecule has 0 aromatic heterocycles. The monoisotopic (exact) mass is 411 g/mol. The minimum Gasteiger partial charge on any atom is -0.493 e. The summed E-state index contributed by atoms with van der Waals surface area (Å²) in [5, 5.41) is 0. The lowest BCUT2D eigenvalue weighted by molar-refractivity contribution is -0.0512. The van der Waals surface area contributed by atoms with E-state index < -0.39 is 6.61 Å². The van der Waals surface area contributed by atoms with Gasteiger partial charge in [-0.15, -0.1) is 0 Å². The van der Waals surface area contributed by atoms with Crippen molar-refractivity contribution in [2.45, 2.75) is 19.5 Å². The van der Waals surface area contributed by atoms with E-state index in [-0.39, 0.29) is 23.0 Å². The van der Waals surface area contributed by atoms with Gasteiger partial charge >= 0.3 is 6.61 Å². The van der Waals surface area contributed by atoms with Crippen molar-refractivity contribution in [3.8, 4) is 11.5 Å². The Bertz CT molecular complexity index is 798. The van der Waals surface area contributed by atoms with E-state index in [1.165, 1.54) is 19.2 Å². The fourth-order valence-electron chi connectivity index (χ4n) is 2.93. The zero-order valence-electron chi connectivity index (χ0n) is 13.5. The van der Waals surface area contributed by atoms with Crippen molar-refractivity contribution in [1.82, 2.24) is 0 Å². The molecule has 132 valence electrons. The molecule has 1 heterocycles. The molecule has 7 heteroatoms. The second-order valence-corrected chi connectivity index (χ2v) is 6.49. The molecule has 0 radical (unpaired) electrons. The minimum absolute atomic E-state index is 0.153. The van der Waals surface area contributed by atoms with Crippen LogP contribution in [0.15, 0.2) is 40.9 Å². The van der Waals surface area contributed by atoms with Gasteiger partial charge < -0.3 is 14.4 Å². The molecule has 0 saturated heterocycles. The third kappa shape index (κ3) is 3.76. The van der Waals surface area contributed by atoms with Crippen LogP contribution < -0.4 is 14.4 Å². The number of methoxy groups -OCH3 is 1. The van der Waals surface area contributed by atoms with Gasteiger partial charge in [0.25, 0.3) is 5.91 Å². The highest BCUT2D eigenvalue weighted by molar-refractivity contribution is 9.10. The lowest BCUT2D eigenvalue weighted by Gasteiger charge is -2.30. The molecule has 0 aliphatic carbocycles. The minimum atomic E-state index is -2.99. The Kier molecular flexibility index (Phi) is 5.22. The molecule has 1 aliphatic rings. The van der Waals surface area contributed by atoms with Crippen molar-refractivity contribution < 1.29 is 23.0 Å². The van der Waals surface area contributed by atoms with Crippen molar-refractivity contribution >= 4 is 27.5 Å². The van der Waals surface area contributed by atoms with Gasteiger partial charge in [-0.25, -0.2) is 0 Å². The molecule has 25 heavy (non-hydrogen) atoms. The molecule has 2 aromatic rings. The number of amides is 1. The quantitative estimate of drug-likeness (QED) is 0.734. The summed E-state index contributed by atoms with van der Waals surface area (Å²) in [5.41, 5.74) is 2.19. The van der Waals surface area contributed by atoms with Crippen molar-refractivity contribution in [1.29, 1.82) is 0 Å². The summed E-state index contributed by atoms with van der Waals surface area (Å²) in [6.07, 6.45) is 1.73. The van der Waals surface area contributed by atoms with E-state index in [4.69, 9.17) is 4.74 Å². The van der Waals surface area contributed by atoms with Crippen molar-refractivity contribution in [2.24, 2.45) is 0 Å². The first-order chi connectivity index (χ1) is 12.0. The molecular formula is C18H16BrF2NO3. The topological polar surface area (TPSA) is 38.8 Å². The lowest BCUT2D eigenvalue weighted by Crippen LogP contribution is -2.35. The second kappa shape index (κ2) is 7.39. The molecule has 0 fully saturated rings. The van der Waals surface area contributed by atoms with E-state index in [1.54, 1.807) is 11.0 Å². The molecular weight excluding hydrogens is 396 g/mol. The normalized spacial score (nSPS) is 13.6. The van der Waals surface area contributed by atoms with Crippen LogP contribution in [0.1, 0.15) is 22.3 Å². The predicted molar refractivity (Wildman–Crippen MR) is 93.8 cm³/mol. The summed E-state index contributed by atoms with van der Waals surface area (Å²) >= 11 is 3.44. The van der Waals surface area contributed by atoms with E-state index in [0.29, 0.717) is 6.54 Å². The third-order valence-electron chi connectivity index (χ3n) is 4.03. The van der Waals surface area contributed by atoms with Crippen molar-refractivity contribution in [3.05, 3.63) is 52.0 Å². The van der Waals surface area contributed by atoms with Gasteiger partial charge in [0.2, 0.25) is 0 Å². The van der Waals surface area contributed by atoms with Gasteiger partial charge in [-0.3, -0.25) is 4.79 Å². The first kappa shape index (κ1) is 17.7. The van der Waals surface area contributed by atoms with E-state index in [0.717, 1.165) is 28.6 Å². The van der Waals surface area contributed by atoms with E-state index in [2.05, 4.69) is 20.7 Å². The maximum Gasteiger partial charge on any atom is 0.387 e. The molecule has 1 aliphatic heterocycles. The molecule has 3 rings (SSSR count). The summed E-state index contributed by atoms with van der Waals surface area (Å²) in [4.78, 5) is 14.6. The number of ether oxygens (including phenoxy) is 2. The largest absolute Gasteiger partial charge is 0.493 e. The standard InChI is InChI=1S/C18H16BrF2NO3/c1-24-15-7-4-12(10-16(15)25-18(20)21)17(23)22-8-2-3-11-9-13(19)5-6-14(11)22/h4-7,9-10,18H,2-3,8H2,1H3. The maximum absolute atomic E-state index is 12.9. The summed E-state index contributed by atoms with van der Waals surface area (Å²) in [6, 6.07) is 10.1. The van der Waals surface area contributed by atoms with E-state index in [1.807, 2.05) is 18.2 Å². The second-order valence-electron chi connectivity index (χ2n) is 5.58. The first-order valence-corrected chi connectivity index (χ1v) is 8.52. The van der Waals surface area contributed by atoms with Crippen LogP contribution >= 0.6 is 15.9 Å². The average Bonchev–Trinajstić information content (AvgIpc) is 2.59. The van der Waals surface area contributed by atoms with Gasteiger partial charge in [-0.1, -0.05) is 15.9 Å². The Morgan fingerprint density at radius 2 is 2.00 bits per heavy atom. The van der Waals surface area contributed by atoms with Crippen LogP contribution in [0, 0.1) is 0 Å². The summed E-state index contributed by atoms with van der Waals surface area (Å²) in [7, 11) is 1.36. The van der Waals surface area contributed by atoms with Crippen molar-refractivity contribution in [2.75, 3.05) is 18.6 Å². The highest BCUT2D eigenvalue weighted by atomic mass is 79.9. The van der Waals surface area contributed by atoms with E-state index >= 15 is 0 Å². The fraction of sp³-hybridized carbons (Fsp3) is 0.278. The highest BCUT2D eigenvalue weighted by Crippen LogP contribution is 2.33. The summed E-state index contributed by atoms with van der Waals surface area (Å²) in [6.45, 7) is -2.42. The van der Waals surface area contributed by atoms with Crippen LogP contribution in [0.5, 0.6) is 11.5 Å². The molecule has 4 nitrogen and oxygen atoms in total. The highest BCUT2D eigenvalue weighted by Gasteiger charge is 2.25. The Hall–Kier alpha value is -2.15. The molecule has 0 saturated carbocycles. The van der Waals surface area contributed by atoms with E-state index in [9.17, 15) is 13.6 Å². The van der Waals surface area contributed by atoms with Crippen LogP contribution in [0.2, 0.25) is 0 Å². The number of carbonyl (C=O) groups is 1. The van der Waals surface area contributed by atoms with Gasteiger partial charge in [0.05, 0.1) is 7.11 Å². The molecule has 0 N–H and O–H groups in total. The molecule has 0 atom stereocenters. The van der Waals surface area contributed by atoms with Gasteiger partial charge in [-0.05, 0) is 54.8 Å². The van der Waals surface area contributed by atoms with Gasteiger partial charge in [0.1, 0.15) is 0 Å².